The predicted molar refractivity (Wildman–Crippen MR) is 84.6 cm³/mol. The van der Waals surface area contributed by atoms with Crippen LogP contribution in [0.1, 0.15) is 27.7 Å². The summed E-state index contributed by atoms with van der Waals surface area (Å²) in [5.41, 5.74) is 0. The third kappa shape index (κ3) is 5.72. The summed E-state index contributed by atoms with van der Waals surface area (Å²) in [6, 6.07) is -0.126. The number of carbonyl (C=O) groups is 1. The van der Waals surface area contributed by atoms with Gasteiger partial charge >= 0.3 is 6.03 Å². The quantitative estimate of drug-likeness (QED) is 0.787. The van der Waals surface area contributed by atoms with Gasteiger partial charge < -0.3 is 20.1 Å². The monoisotopic (exact) mass is 314 g/mol. The van der Waals surface area contributed by atoms with Gasteiger partial charge in [0.2, 0.25) is 0 Å². The molecular weight excluding hydrogens is 284 g/mol. The molecule has 0 radical (unpaired) electrons. The molecule has 0 aromatic rings. The Morgan fingerprint density at radius 1 is 0.818 bits per heavy atom. The number of amides is 2. The lowest BCUT2D eigenvalue weighted by Gasteiger charge is -2.36. The van der Waals surface area contributed by atoms with Crippen LogP contribution < -0.4 is 10.6 Å². The number of rotatable bonds is 4. The second-order valence-electron chi connectivity index (χ2n) is 6.59. The van der Waals surface area contributed by atoms with Gasteiger partial charge in [-0.2, -0.15) is 0 Å². The molecule has 128 valence electrons. The van der Waals surface area contributed by atoms with Crippen LogP contribution in [-0.4, -0.2) is 79.8 Å². The summed E-state index contributed by atoms with van der Waals surface area (Å²) in [6.07, 6.45) is 0.852. The lowest BCUT2D eigenvalue weighted by molar-refractivity contribution is -0.0702. The van der Waals surface area contributed by atoms with E-state index in [0.29, 0.717) is 13.3 Å². The predicted octanol–water partition coefficient (Wildman–Crippen LogP) is 0.419. The number of nitrogens with zero attached hydrogens (tertiary/aromatic N) is 2. The van der Waals surface area contributed by atoms with Gasteiger partial charge in [0.15, 0.2) is 0 Å². The summed E-state index contributed by atoms with van der Waals surface area (Å²) in [4.78, 5) is 16.3. The van der Waals surface area contributed by atoms with Crippen molar-refractivity contribution in [2.24, 2.45) is 0 Å². The van der Waals surface area contributed by atoms with Crippen molar-refractivity contribution in [3.63, 3.8) is 0 Å². The molecule has 0 aromatic carbocycles. The summed E-state index contributed by atoms with van der Waals surface area (Å²) in [5, 5.41) is 5.84. The Hall–Kier alpha value is -0.890. The Morgan fingerprint density at radius 2 is 1.14 bits per heavy atom. The molecule has 2 rings (SSSR count). The number of hydrogen-bond acceptors (Lipinski definition) is 5. The number of ether oxygens (including phenoxy) is 2. The molecule has 2 aliphatic rings. The van der Waals surface area contributed by atoms with E-state index >= 15 is 0 Å². The second kappa shape index (κ2) is 8.10. The van der Waals surface area contributed by atoms with Crippen LogP contribution in [0.15, 0.2) is 0 Å². The zero-order valence-electron chi connectivity index (χ0n) is 14.2. The Kier molecular flexibility index (Phi) is 6.43. The van der Waals surface area contributed by atoms with Gasteiger partial charge in [0.05, 0.1) is 37.8 Å². The molecule has 0 bridgehead atoms. The molecule has 7 heteroatoms. The van der Waals surface area contributed by atoms with Crippen LogP contribution >= 0.6 is 0 Å². The van der Waals surface area contributed by atoms with Crippen LogP contribution in [0.2, 0.25) is 0 Å². The van der Waals surface area contributed by atoms with Gasteiger partial charge in [0.25, 0.3) is 0 Å². The van der Waals surface area contributed by atoms with Crippen molar-refractivity contribution in [1.29, 1.82) is 0 Å². The van der Waals surface area contributed by atoms with Gasteiger partial charge in [-0.1, -0.05) is 0 Å². The van der Waals surface area contributed by atoms with Crippen LogP contribution in [0.25, 0.3) is 0 Å². The lowest BCUT2D eigenvalue weighted by Crippen LogP contribution is -2.53. The van der Waals surface area contributed by atoms with Crippen molar-refractivity contribution in [1.82, 2.24) is 20.4 Å². The summed E-state index contributed by atoms with van der Waals surface area (Å²) in [6.45, 7) is 12.7. The third-order valence-electron chi connectivity index (χ3n) is 3.92. The van der Waals surface area contributed by atoms with E-state index < -0.39 is 0 Å². The van der Waals surface area contributed by atoms with E-state index in [1.165, 1.54) is 0 Å². The van der Waals surface area contributed by atoms with E-state index in [-0.39, 0.29) is 30.4 Å². The number of hydrogen-bond donors (Lipinski definition) is 2. The van der Waals surface area contributed by atoms with Crippen molar-refractivity contribution >= 4 is 6.03 Å². The zero-order valence-corrected chi connectivity index (χ0v) is 14.2. The molecule has 2 N–H and O–H groups in total. The largest absolute Gasteiger partial charge is 0.373 e. The van der Waals surface area contributed by atoms with Gasteiger partial charge in [-0.15, -0.1) is 0 Å². The third-order valence-corrected chi connectivity index (χ3v) is 3.92. The SMILES string of the molecule is CC1CN(CNC(=O)NCN2CC(C)OC(C)C2)CC(C)O1. The molecule has 0 aromatic heterocycles. The highest BCUT2D eigenvalue weighted by molar-refractivity contribution is 5.73. The Balaban J connectivity index is 1.63. The van der Waals surface area contributed by atoms with Gasteiger partial charge in [-0.05, 0) is 27.7 Å². The second-order valence-corrected chi connectivity index (χ2v) is 6.59. The van der Waals surface area contributed by atoms with Gasteiger partial charge in [0, 0.05) is 26.2 Å². The Labute approximate surface area is 133 Å². The first-order valence-electron chi connectivity index (χ1n) is 8.19. The number of nitrogens with one attached hydrogen (secondary N) is 2. The molecular formula is C15H30N4O3. The topological polar surface area (TPSA) is 66.1 Å². The minimum Gasteiger partial charge on any atom is -0.373 e. The summed E-state index contributed by atoms with van der Waals surface area (Å²) < 4.78 is 11.4. The summed E-state index contributed by atoms with van der Waals surface area (Å²) >= 11 is 0. The van der Waals surface area contributed by atoms with E-state index in [1.807, 2.05) is 0 Å². The van der Waals surface area contributed by atoms with Gasteiger partial charge in [-0.3, -0.25) is 9.80 Å². The highest BCUT2D eigenvalue weighted by Crippen LogP contribution is 2.10. The van der Waals surface area contributed by atoms with Crippen LogP contribution in [0.3, 0.4) is 0 Å². The fourth-order valence-corrected chi connectivity index (χ4v) is 3.26. The molecule has 4 unspecified atom stereocenters. The normalized spacial score (nSPS) is 34.4. The maximum atomic E-state index is 11.9. The molecule has 0 saturated carbocycles. The number of urea groups is 1. The Morgan fingerprint density at radius 3 is 1.45 bits per heavy atom. The molecule has 2 amide bonds. The van der Waals surface area contributed by atoms with Gasteiger partial charge in [0.1, 0.15) is 0 Å². The Bertz CT molecular complexity index is 317. The minimum absolute atomic E-state index is 0.126. The lowest BCUT2D eigenvalue weighted by atomic mass is 10.2. The molecule has 4 atom stereocenters. The summed E-state index contributed by atoms with van der Waals surface area (Å²) in [7, 11) is 0. The molecule has 22 heavy (non-hydrogen) atoms. The molecule has 2 fully saturated rings. The van der Waals surface area contributed by atoms with E-state index in [4.69, 9.17) is 9.47 Å². The number of morpholine rings is 2. The maximum absolute atomic E-state index is 11.9. The maximum Gasteiger partial charge on any atom is 0.316 e. The van der Waals surface area contributed by atoms with Crippen LogP contribution in [0, 0.1) is 0 Å². The fraction of sp³-hybridized carbons (Fsp3) is 0.933. The van der Waals surface area contributed by atoms with E-state index in [0.717, 1.165) is 26.2 Å². The van der Waals surface area contributed by atoms with Crippen LogP contribution in [0.5, 0.6) is 0 Å². The molecule has 0 aliphatic carbocycles. The first-order valence-corrected chi connectivity index (χ1v) is 8.19. The van der Waals surface area contributed by atoms with Crippen LogP contribution in [0.4, 0.5) is 4.79 Å². The molecule has 2 aliphatic heterocycles. The van der Waals surface area contributed by atoms with Crippen molar-refractivity contribution < 1.29 is 14.3 Å². The first-order chi connectivity index (χ1) is 10.4. The van der Waals surface area contributed by atoms with Gasteiger partial charge in [-0.25, -0.2) is 4.79 Å². The van der Waals surface area contributed by atoms with Crippen molar-refractivity contribution in [3.8, 4) is 0 Å². The van der Waals surface area contributed by atoms with E-state index in [9.17, 15) is 4.79 Å². The van der Waals surface area contributed by atoms with E-state index in [2.05, 4.69) is 48.1 Å². The zero-order chi connectivity index (χ0) is 16.1. The minimum atomic E-state index is -0.126. The van der Waals surface area contributed by atoms with Crippen molar-refractivity contribution in [2.75, 3.05) is 39.5 Å². The smallest absolute Gasteiger partial charge is 0.316 e. The molecule has 0 spiro atoms. The highest BCUT2D eigenvalue weighted by atomic mass is 16.5. The fourth-order valence-electron chi connectivity index (χ4n) is 3.26. The van der Waals surface area contributed by atoms with Crippen LogP contribution in [-0.2, 0) is 9.47 Å². The standard InChI is InChI=1S/C15H30N4O3/c1-11-5-18(6-12(2)21-11)9-16-15(20)17-10-19-7-13(3)22-14(4)8-19/h11-14H,5-10H2,1-4H3,(H2,16,17,20). The average Bonchev–Trinajstić information content (AvgIpc) is 2.41. The molecule has 2 saturated heterocycles. The highest BCUT2D eigenvalue weighted by Gasteiger charge is 2.23. The van der Waals surface area contributed by atoms with Crippen molar-refractivity contribution in [2.45, 2.75) is 52.1 Å². The molecule has 7 nitrogen and oxygen atoms in total. The summed E-state index contributed by atoms with van der Waals surface area (Å²) in [5.74, 6) is 0. The number of carbonyl (C=O) groups excluding carboxylic acids is 1. The average molecular weight is 314 g/mol. The molecule has 2 heterocycles. The van der Waals surface area contributed by atoms with Crippen molar-refractivity contribution in [3.05, 3.63) is 0 Å². The van der Waals surface area contributed by atoms with E-state index in [1.54, 1.807) is 0 Å². The first kappa shape index (κ1) is 17.5.